The predicted molar refractivity (Wildman–Crippen MR) is 77.6 cm³/mol. The number of likely N-dealkylation sites (tertiary alicyclic amines) is 1. The van der Waals surface area contributed by atoms with Crippen LogP contribution in [0.5, 0.6) is 0 Å². The first-order valence-corrected chi connectivity index (χ1v) is 7.24. The van der Waals surface area contributed by atoms with E-state index in [-0.39, 0.29) is 24.6 Å². The molecule has 0 aliphatic carbocycles. The maximum atomic E-state index is 12.1. The molecule has 1 heterocycles. The summed E-state index contributed by atoms with van der Waals surface area (Å²) in [5.74, 6) is -0.295. The minimum atomic E-state index is -0.315. The van der Waals surface area contributed by atoms with Crippen LogP contribution in [0.4, 0.5) is 4.79 Å². The lowest BCUT2D eigenvalue weighted by Gasteiger charge is -2.20. The molecule has 1 aromatic carbocycles. The van der Waals surface area contributed by atoms with Crippen LogP contribution in [0.1, 0.15) is 24.8 Å². The average Bonchev–Trinajstić information content (AvgIpc) is 2.79. The summed E-state index contributed by atoms with van der Waals surface area (Å²) in [7, 11) is 1.40. The van der Waals surface area contributed by atoms with Gasteiger partial charge in [0.05, 0.1) is 13.0 Å². The lowest BCUT2D eigenvalue weighted by atomic mass is 10.0. The Kier molecular flexibility index (Phi) is 5.60. The van der Waals surface area contributed by atoms with Crippen molar-refractivity contribution in [3.63, 3.8) is 0 Å². The Morgan fingerprint density at radius 1 is 1.19 bits per heavy atom. The smallest absolute Gasteiger partial charge is 0.410 e. The Morgan fingerprint density at radius 2 is 1.95 bits per heavy atom. The molecule has 0 N–H and O–H groups in total. The fourth-order valence-electron chi connectivity index (χ4n) is 2.49. The van der Waals surface area contributed by atoms with Crippen molar-refractivity contribution in [1.29, 1.82) is 0 Å². The van der Waals surface area contributed by atoms with Gasteiger partial charge in [0.15, 0.2) is 0 Å². The van der Waals surface area contributed by atoms with E-state index in [1.165, 1.54) is 7.11 Å². The molecule has 0 radical (unpaired) electrons. The number of rotatable bonds is 3. The number of nitrogens with zero attached hydrogens (tertiary/aromatic N) is 1. The molecule has 0 unspecified atom stereocenters. The van der Waals surface area contributed by atoms with Gasteiger partial charge in [-0.3, -0.25) is 4.79 Å². The van der Waals surface area contributed by atoms with Crippen molar-refractivity contribution >= 4 is 12.1 Å². The van der Waals surface area contributed by atoms with E-state index in [0.717, 1.165) is 18.4 Å². The van der Waals surface area contributed by atoms with E-state index in [2.05, 4.69) is 0 Å². The molecule has 1 saturated heterocycles. The number of amides is 1. The largest absolute Gasteiger partial charge is 0.469 e. The Labute approximate surface area is 124 Å². The molecular formula is C16H21NO4. The van der Waals surface area contributed by atoms with E-state index in [9.17, 15) is 9.59 Å². The average molecular weight is 291 g/mol. The summed E-state index contributed by atoms with van der Waals surface area (Å²) in [4.78, 5) is 25.3. The summed E-state index contributed by atoms with van der Waals surface area (Å²) in [6, 6.07) is 9.59. The molecule has 1 aliphatic heterocycles. The number of esters is 1. The zero-order valence-corrected chi connectivity index (χ0v) is 12.3. The Hall–Kier alpha value is -2.04. The monoisotopic (exact) mass is 291 g/mol. The first-order valence-electron chi connectivity index (χ1n) is 7.24. The predicted octanol–water partition coefficient (Wildman–Crippen LogP) is 2.60. The van der Waals surface area contributed by atoms with Gasteiger partial charge < -0.3 is 14.4 Å². The van der Waals surface area contributed by atoms with Crippen LogP contribution in [-0.2, 0) is 20.9 Å². The summed E-state index contributed by atoms with van der Waals surface area (Å²) < 4.78 is 10.1. The number of ether oxygens (including phenoxy) is 2. The van der Waals surface area contributed by atoms with Gasteiger partial charge in [-0.15, -0.1) is 0 Å². The fraction of sp³-hybridized carbons (Fsp3) is 0.500. The topological polar surface area (TPSA) is 55.8 Å². The van der Waals surface area contributed by atoms with E-state index >= 15 is 0 Å². The SMILES string of the molecule is COC(=O)[C@H]1CCCN(C(=O)OCc2ccccc2)CC1. The second-order valence-electron chi connectivity index (χ2n) is 5.18. The van der Waals surface area contributed by atoms with Crippen LogP contribution < -0.4 is 0 Å². The minimum Gasteiger partial charge on any atom is -0.469 e. The second kappa shape index (κ2) is 7.67. The molecule has 0 spiro atoms. The Morgan fingerprint density at radius 3 is 2.67 bits per heavy atom. The van der Waals surface area contributed by atoms with Crippen molar-refractivity contribution in [3.8, 4) is 0 Å². The van der Waals surface area contributed by atoms with Crippen molar-refractivity contribution in [2.75, 3.05) is 20.2 Å². The highest BCUT2D eigenvalue weighted by molar-refractivity contribution is 5.72. The molecule has 114 valence electrons. The van der Waals surface area contributed by atoms with E-state index in [0.29, 0.717) is 19.5 Å². The quantitative estimate of drug-likeness (QED) is 0.803. The molecule has 1 amide bonds. The highest BCUT2D eigenvalue weighted by Gasteiger charge is 2.26. The van der Waals surface area contributed by atoms with Gasteiger partial charge in [-0.2, -0.15) is 0 Å². The first-order chi connectivity index (χ1) is 10.2. The van der Waals surface area contributed by atoms with E-state index < -0.39 is 0 Å². The summed E-state index contributed by atoms with van der Waals surface area (Å²) >= 11 is 0. The van der Waals surface area contributed by atoms with Crippen LogP contribution in [0.15, 0.2) is 30.3 Å². The Balaban J connectivity index is 1.81. The van der Waals surface area contributed by atoms with E-state index in [4.69, 9.17) is 9.47 Å². The zero-order chi connectivity index (χ0) is 15.1. The van der Waals surface area contributed by atoms with Gasteiger partial charge in [-0.05, 0) is 24.8 Å². The van der Waals surface area contributed by atoms with Crippen molar-refractivity contribution in [2.24, 2.45) is 5.92 Å². The molecule has 1 fully saturated rings. The van der Waals surface area contributed by atoms with Crippen molar-refractivity contribution < 1.29 is 19.1 Å². The number of carbonyl (C=O) groups is 2. The van der Waals surface area contributed by atoms with Crippen LogP contribution in [0, 0.1) is 5.92 Å². The molecule has 0 saturated carbocycles. The fourth-order valence-corrected chi connectivity index (χ4v) is 2.49. The minimum absolute atomic E-state index is 0.109. The van der Waals surface area contributed by atoms with Gasteiger partial charge in [-0.25, -0.2) is 4.79 Å². The lowest BCUT2D eigenvalue weighted by molar-refractivity contribution is -0.145. The zero-order valence-electron chi connectivity index (χ0n) is 12.3. The van der Waals surface area contributed by atoms with Crippen LogP contribution in [0.2, 0.25) is 0 Å². The standard InChI is InChI=1S/C16H21NO4/c1-20-15(18)14-8-5-10-17(11-9-14)16(19)21-12-13-6-3-2-4-7-13/h2-4,6-7,14H,5,8-12H2,1H3/t14-/m0/s1. The summed E-state index contributed by atoms with van der Waals surface area (Å²) in [5, 5.41) is 0. The molecule has 1 aromatic rings. The number of methoxy groups -OCH3 is 1. The number of hydrogen-bond acceptors (Lipinski definition) is 4. The van der Waals surface area contributed by atoms with Gasteiger partial charge in [0.25, 0.3) is 0 Å². The third-order valence-electron chi connectivity index (χ3n) is 3.73. The molecule has 0 aromatic heterocycles. The van der Waals surface area contributed by atoms with E-state index in [1.807, 2.05) is 30.3 Å². The van der Waals surface area contributed by atoms with Crippen LogP contribution in [0.25, 0.3) is 0 Å². The molecular weight excluding hydrogens is 270 g/mol. The normalized spacial score (nSPS) is 18.7. The third-order valence-corrected chi connectivity index (χ3v) is 3.73. The van der Waals surface area contributed by atoms with Gasteiger partial charge in [0, 0.05) is 13.1 Å². The van der Waals surface area contributed by atoms with Crippen molar-refractivity contribution in [3.05, 3.63) is 35.9 Å². The molecule has 5 heteroatoms. The Bertz CT molecular complexity index is 474. The molecule has 1 aliphatic rings. The molecule has 5 nitrogen and oxygen atoms in total. The van der Waals surface area contributed by atoms with Crippen LogP contribution in [-0.4, -0.2) is 37.2 Å². The molecule has 1 atom stereocenters. The number of hydrogen-bond donors (Lipinski definition) is 0. The van der Waals surface area contributed by atoms with Gasteiger partial charge >= 0.3 is 12.1 Å². The first kappa shape index (κ1) is 15.4. The van der Waals surface area contributed by atoms with Gasteiger partial charge in [0.2, 0.25) is 0 Å². The van der Waals surface area contributed by atoms with E-state index in [1.54, 1.807) is 4.90 Å². The molecule has 2 rings (SSSR count). The number of benzene rings is 1. The van der Waals surface area contributed by atoms with Crippen LogP contribution >= 0.6 is 0 Å². The van der Waals surface area contributed by atoms with Crippen LogP contribution in [0.3, 0.4) is 0 Å². The highest BCUT2D eigenvalue weighted by Crippen LogP contribution is 2.19. The summed E-state index contributed by atoms with van der Waals surface area (Å²) in [6.07, 6.45) is 1.87. The van der Waals surface area contributed by atoms with Crippen molar-refractivity contribution in [1.82, 2.24) is 4.90 Å². The summed E-state index contributed by atoms with van der Waals surface area (Å²) in [6.45, 7) is 1.44. The summed E-state index contributed by atoms with van der Waals surface area (Å²) in [5.41, 5.74) is 0.966. The van der Waals surface area contributed by atoms with Gasteiger partial charge in [-0.1, -0.05) is 30.3 Å². The highest BCUT2D eigenvalue weighted by atomic mass is 16.6. The maximum absolute atomic E-state index is 12.1. The molecule has 21 heavy (non-hydrogen) atoms. The lowest BCUT2D eigenvalue weighted by Crippen LogP contribution is -2.32. The molecule has 0 bridgehead atoms. The maximum Gasteiger partial charge on any atom is 0.410 e. The number of carbonyl (C=O) groups excluding carboxylic acids is 2. The third kappa shape index (κ3) is 4.48. The second-order valence-corrected chi connectivity index (χ2v) is 5.18. The van der Waals surface area contributed by atoms with Gasteiger partial charge in [0.1, 0.15) is 6.61 Å². The van der Waals surface area contributed by atoms with Crippen molar-refractivity contribution in [2.45, 2.75) is 25.9 Å².